The molecule has 0 aliphatic heterocycles. The van der Waals surface area contributed by atoms with Gasteiger partial charge in [-0.05, 0) is 151 Å². The Bertz CT molecular complexity index is 908. The number of hydrogen-bond donors (Lipinski definition) is 0. The van der Waals surface area contributed by atoms with Crippen LogP contribution in [-0.4, -0.2) is 30.6 Å². The maximum atomic E-state index is 7.01. The Kier molecular flexibility index (Phi) is 7.27. The van der Waals surface area contributed by atoms with Crippen molar-refractivity contribution < 1.29 is 13.3 Å². The molecule has 0 aromatic rings. The van der Waals surface area contributed by atoms with Gasteiger partial charge in [-0.2, -0.15) is 0 Å². The summed E-state index contributed by atoms with van der Waals surface area (Å²) in [5, 5.41) is 0. The van der Waals surface area contributed by atoms with E-state index in [1.165, 1.54) is 44.1 Å². The van der Waals surface area contributed by atoms with E-state index in [2.05, 4.69) is 92.0 Å². The molecule has 7 atom stereocenters. The second-order valence-electron chi connectivity index (χ2n) is 16.3. The monoisotopic (exact) mass is 548 g/mol. The molecule has 0 N–H and O–H groups in total. The minimum absolute atomic E-state index is 0.0475. The van der Waals surface area contributed by atoms with Gasteiger partial charge >= 0.3 is 0 Å². The standard InChI is InChI=1S/C30H56O3Si3/c1-28-20-22(21-31-34(4,5)6)27(32-35(7,8)9)19-23(28)13-14-24-25(28)15-17-29(2)26(24)16-18-30(29,3)33-36(10,11)12/h19,21,23-26H,13-18,20H2,1-12H3/b22-21+/t23-,24?,25?,26?,28?,29?,30-/m0/s1. The van der Waals surface area contributed by atoms with Gasteiger partial charge in [0.1, 0.15) is 5.76 Å². The van der Waals surface area contributed by atoms with E-state index in [0.29, 0.717) is 16.7 Å². The Morgan fingerprint density at radius 2 is 1.42 bits per heavy atom. The number of hydrogen-bond acceptors (Lipinski definition) is 3. The summed E-state index contributed by atoms with van der Waals surface area (Å²) in [7, 11) is -4.96. The average molecular weight is 549 g/mol. The minimum Gasteiger partial charge on any atom is -0.549 e. The summed E-state index contributed by atoms with van der Waals surface area (Å²) in [6.45, 7) is 28.5. The smallest absolute Gasteiger partial charge is 0.242 e. The van der Waals surface area contributed by atoms with Crippen LogP contribution in [0.3, 0.4) is 0 Å². The molecule has 3 fully saturated rings. The zero-order chi connectivity index (χ0) is 26.9. The fourth-order valence-corrected chi connectivity index (χ4v) is 11.7. The van der Waals surface area contributed by atoms with Gasteiger partial charge in [-0.1, -0.05) is 13.8 Å². The van der Waals surface area contributed by atoms with Gasteiger partial charge in [0.25, 0.3) is 0 Å². The van der Waals surface area contributed by atoms with Crippen LogP contribution in [-0.2, 0) is 13.3 Å². The van der Waals surface area contributed by atoms with E-state index in [1.807, 2.05) is 0 Å². The molecule has 0 radical (unpaired) electrons. The van der Waals surface area contributed by atoms with Crippen LogP contribution in [0, 0.1) is 34.5 Å². The molecule has 0 aromatic carbocycles. The molecule has 206 valence electrons. The summed E-state index contributed by atoms with van der Waals surface area (Å²) in [5.41, 5.74) is 1.98. The van der Waals surface area contributed by atoms with Crippen LogP contribution in [0.5, 0.6) is 0 Å². The maximum absolute atomic E-state index is 7.01. The van der Waals surface area contributed by atoms with Gasteiger partial charge in [0.2, 0.25) is 16.6 Å². The number of allylic oxidation sites excluding steroid dienone is 2. The quantitative estimate of drug-likeness (QED) is 0.244. The van der Waals surface area contributed by atoms with Crippen molar-refractivity contribution in [2.75, 3.05) is 0 Å². The summed E-state index contributed by atoms with van der Waals surface area (Å²) >= 11 is 0. The third kappa shape index (κ3) is 5.40. The highest BCUT2D eigenvalue weighted by atomic mass is 28.4. The van der Waals surface area contributed by atoms with E-state index >= 15 is 0 Å². The van der Waals surface area contributed by atoms with Crippen LogP contribution < -0.4 is 0 Å². The molecule has 0 bridgehead atoms. The van der Waals surface area contributed by atoms with Crippen molar-refractivity contribution in [1.82, 2.24) is 0 Å². The SMILES string of the molecule is CC12C/C(=C\O[Si](C)(C)C)C(O[Si](C)(C)C)=C[C@@H]1CCC1C2CCC2(C)C1CC[C@]2(C)O[Si](C)(C)C. The first-order chi connectivity index (χ1) is 16.3. The van der Waals surface area contributed by atoms with E-state index < -0.39 is 25.0 Å². The van der Waals surface area contributed by atoms with Crippen molar-refractivity contribution in [2.45, 2.75) is 130 Å². The van der Waals surface area contributed by atoms with Crippen LogP contribution in [0.25, 0.3) is 0 Å². The topological polar surface area (TPSA) is 27.7 Å². The van der Waals surface area contributed by atoms with Gasteiger partial charge in [0.15, 0.2) is 8.32 Å². The van der Waals surface area contributed by atoms with Crippen molar-refractivity contribution in [3.63, 3.8) is 0 Å². The molecule has 0 amide bonds. The van der Waals surface area contributed by atoms with Crippen molar-refractivity contribution in [2.24, 2.45) is 34.5 Å². The van der Waals surface area contributed by atoms with E-state index in [0.717, 1.165) is 29.9 Å². The summed E-state index contributed by atoms with van der Waals surface area (Å²) in [6, 6.07) is 0. The lowest BCUT2D eigenvalue weighted by Gasteiger charge is -2.61. The largest absolute Gasteiger partial charge is 0.549 e. The number of rotatable bonds is 6. The minimum atomic E-state index is -1.70. The highest BCUT2D eigenvalue weighted by Gasteiger charge is 2.64. The Hall–Kier alpha value is -0.309. The first kappa shape index (κ1) is 28.7. The lowest BCUT2D eigenvalue weighted by Crippen LogP contribution is -2.57. The third-order valence-electron chi connectivity index (χ3n) is 10.2. The number of fused-ring (bicyclic) bond motifs is 5. The molecular formula is C30H56O3Si3. The lowest BCUT2D eigenvalue weighted by molar-refractivity contribution is -0.127. The van der Waals surface area contributed by atoms with Crippen molar-refractivity contribution in [3.05, 3.63) is 23.7 Å². The molecule has 0 saturated heterocycles. The summed E-state index contributed by atoms with van der Waals surface area (Å²) < 4.78 is 20.1. The van der Waals surface area contributed by atoms with E-state index in [9.17, 15) is 0 Å². The first-order valence-corrected chi connectivity index (χ1v) is 25.0. The Morgan fingerprint density at radius 3 is 2.00 bits per heavy atom. The van der Waals surface area contributed by atoms with Gasteiger partial charge in [0.05, 0.1) is 11.9 Å². The van der Waals surface area contributed by atoms with Crippen molar-refractivity contribution >= 4 is 25.0 Å². The molecule has 3 saturated carbocycles. The molecule has 5 unspecified atom stereocenters. The van der Waals surface area contributed by atoms with Gasteiger partial charge in [-0.25, -0.2) is 0 Å². The molecule has 36 heavy (non-hydrogen) atoms. The van der Waals surface area contributed by atoms with Gasteiger partial charge in [-0.15, -0.1) is 0 Å². The average Bonchev–Trinajstić information content (AvgIpc) is 2.94. The van der Waals surface area contributed by atoms with Crippen LogP contribution in [0.15, 0.2) is 23.7 Å². The molecule has 4 aliphatic carbocycles. The Labute approximate surface area is 226 Å². The maximum Gasteiger partial charge on any atom is 0.242 e. The fraction of sp³-hybridized carbons (Fsp3) is 0.867. The lowest BCUT2D eigenvalue weighted by atomic mass is 9.45. The Morgan fingerprint density at radius 1 is 0.778 bits per heavy atom. The predicted molar refractivity (Wildman–Crippen MR) is 160 cm³/mol. The molecule has 0 spiro atoms. The van der Waals surface area contributed by atoms with Gasteiger partial charge in [0, 0.05) is 5.57 Å². The van der Waals surface area contributed by atoms with Crippen LogP contribution >= 0.6 is 0 Å². The van der Waals surface area contributed by atoms with Gasteiger partial charge in [-0.3, -0.25) is 0 Å². The van der Waals surface area contributed by atoms with E-state index in [-0.39, 0.29) is 5.60 Å². The van der Waals surface area contributed by atoms with E-state index in [1.54, 1.807) is 0 Å². The van der Waals surface area contributed by atoms with Crippen molar-refractivity contribution in [3.8, 4) is 0 Å². The van der Waals surface area contributed by atoms with Crippen molar-refractivity contribution in [1.29, 1.82) is 0 Å². The predicted octanol–water partition coefficient (Wildman–Crippen LogP) is 9.33. The van der Waals surface area contributed by atoms with Crippen LogP contribution in [0.1, 0.15) is 65.7 Å². The highest BCUT2D eigenvalue weighted by Crippen LogP contribution is 2.69. The summed E-state index contributed by atoms with van der Waals surface area (Å²) in [5.74, 6) is 4.16. The molecule has 4 aliphatic rings. The normalized spacial score (nSPS) is 42.3. The van der Waals surface area contributed by atoms with Crippen LogP contribution in [0.2, 0.25) is 58.9 Å². The Balaban J connectivity index is 1.65. The van der Waals surface area contributed by atoms with Crippen LogP contribution in [0.4, 0.5) is 0 Å². The zero-order valence-corrected chi connectivity index (χ0v) is 28.6. The molecule has 0 aromatic heterocycles. The second-order valence-corrected chi connectivity index (χ2v) is 29.6. The second kappa shape index (κ2) is 9.12. The zero-order valence-electron chi connectivity index (χ0n) is 25.6. The summed E-state index contributed by atoms with van der Waals surface area (Å²) in [6.07, 6.45) is 13.7. The fourth-order valence-electron chi connectivity index (χ4n) is 8.65. The van der Waals surface area contributed by atoms with Gasteiger partial charge < -0.3 is 13.3 Å². The molecule has 6 heteroatoms. The van der Waals surface area contributed by atoms with E-state index in [4.69, 9.17) is 13.3 Å². The highest BCUT2D eigenvalue weighted by molar-refractivity contribution is 6.70. The molecule has 0 heterocycles. The summed E-state index contributed by atoms with van der Waals surface area (Å²) in [4.78, 5) is 0. The third-order valence-corrected chi connectivity index (χ3v) is 12.9. The first-order valence-electron chi connectivity index (χ1n) is 14.7. The molecule has 4 rings (SSSR count). The molecule has 3 nitrogen and oxygen atoms in total. The molecular weight excluding hydrogens is 493 g/mol.